The van der Waals surface area contributed by atoms with Crippen LogP contribution >= 0.6 is 22.9 Å². The first-order valence-corrected chi connectivity index (χ1v) is 7.64. The minimum absolute atomic E-state index is 0.00766. The zero-order valence-corrected chi connectivity index (χ0v) is 12.4. The first-order chi connectivity index (χ1) is 9.24. The van der Waals surface area contributed by atoms with Gasteiger partial charge in [0.05, 0.1) is 4.88 Å². The smallest absolute Gasteiger partial charge is 0.261 e. The fourth-order valence-electron chi connectivity index (χ4n) is 1.82. The maximum absolute atomic E-state index is 12.1. The second-order valence-corrected chi connectivity index (χ2v) is 5.44. The molecule has 2 nitrogen and oxygen atoms in total. The standard InChI is InChI=1S/C15H16ClNOS/c1-2-13-7-8-19-14(13)15(18)17-10-12-5-3-11(9-16)4-6-12/h3-8H,2,9-10H2,1H3,(H,17,18). The summed E-state index contributed by atoms with van der Waals surface area (Å²) in [5.74, 6) is 0.523. The molecule has 0 atom stereocenters. The van der Waals surface area contributed by atoms with Crippen molar-refractivity contribution in [2.75, 3.05) is 0 Å². The molecule has 0 saturated heterocycles. The number of carbonyl (C=O) groups excluding carboxylic acids is 1. The molecule has 100 valence electrons. The van der Waals surface area contributed by atoms with Gasteiger partial charge in [0.2, 0.25) is 0 Å². The predicted molar refractivity (Wildman–Crippen MR) is 80.9 cm³/mol. The minimum atomic E-state index is 0.00766. The van der Waals surface area contributed by atoms with E-state index in [2.05, 4.69) is 12.2 Å². The third kappa shape index (κ3) is 3.58. The van der Waals surface area contributed by atoms with Crippen molar-refractivity contribution < 1.29 is 4.79 Å². The monoisotopic (exact) mass is 293 g/mol. The normalized spacial score (nSPS) is 10.4. The largest absolute Gasteiger partial charge is 0.347 e. The van der Waals surface area contributed by atoms with E-state index in [4.69, 9.17) is 11.6 Å². The Morgan fingerprint density at radius 1 is 1.21 bits per heavy atom. The van der Waals surface area contributed by atoms with Crippen LogP contribution in [0.15, 0.2) is 35.7 Å². The summed E-state index contributed by atoms with van der Waals surface area (Å²) in [4.78, 5) is 12.9. The summed E-state index contributed by atoms with van der Waals surface area (Å²) in [5.41, 5.74) is 3.28. The van der Waals surface area contributed by atoms with Crippen molar-refractivity contribution in [3.05, 3.63) is 57.3 Å². The number of nitrogens with one attached hydrogen (secondary N) is 1. The number of hydrogen-bond acceptors (Lipinski definition) is 2. The van der Waals surface area contributed by atoms with Gasteiger partial charge in [0.1, 0.15) is 0 Å². The summed E-state index contributed by atoms with van der Waals surface area (Å²) in [6.45, 7) is 2.60. The molecular weight excluding hydrogens is 278 g/mol. The summed E-state index contributed by atoms with van der Waals surface area (Å²) < 4.78 is 0. The number of benzene rings is 1. The summed E-state index contributed by atoms with van der Waals surface area (Å²) in [6.07, 6.45) is 0.886. The molecule has 0 fully saturated rings. The average Bonchev–Trinajstić information content (AvgIpc) is 2.93. The van der Waals surface area contributed by atoms with E-state index in [-0.39, 0.29) is 5.91 Å². The van der Waals surface area contributed by atoms with Gasteiger partial charge in [0, 0.05) is 12.4 Å². The van der Waals surface area contributed by atoms with Gasteiger partial charge in [-0.2, -0.15) is 0 Å². The number of carbonyl (C=O) groups is 1. The number of thiophene rings is 1. The van der Waals surface area contributed by atoms with Crippen LogP contribution < -0.4 is 5.32 Å². The summed E-state index contributed by atoms with van der Waals surface area (Å²) in [6, 6.07) is 9.96. The van der Waals surface area contributed by atoms with E-state index < -0.39 is 0 Å². The minimum Gasteiger partial charge on any atom is -0.347 e. The van der Waals surface area contributed by atoms with Crippen LogP contribution in [0.25, 0.3) is 0 Å². The molecule has 2 rings (SSSR count). The Balaban J connectivity index is 1.96. The van der Waals surface area contributed by atoms with Crippen molar-refractivity contribution >= 4 is 28.8 Å². The third-order valence-electron chi connectivity index (χ3n) is 2.96. The highest BCUT2D eigenvalue weighted by Crippen LogP contribution is 2.17. The van der Waals surface area contributed by atoms with E-state index in [9.17, 15) is 4.79 Å². The molecule has 1 heterocycles. The first kappa shape index (κ1) is 14.1. The number of halogens is 1. The number of amides is 1. The van der Waals surface area contributed by atoms with Crippen LogP contribution in [0.5, 0.6) is 0 Å². The van der Waals surface area contributed by atoms with Gasteiger partial charge < -0.3 is 5.32 Å². The molecule has 0 aliphatic rings. The fraction of sp³-hybridized carbons (Fsp3) is 0.267. The van der Waals surface area contributed by atoms with Crippen LogP contribution in [-0.2, 0) is 18.8 Å². The van der Waals surface area contributed by atoms with Gasteiger partial charge in [-0.1, -0.05) is 31.2 Å². The Morgan fingerprint density at radius 2 is 1.89 bits per heavy atom. The quantitative estimate of drug-likeness (QED) is 0.830. The van der Waals surface area contributed by atoms with E-state index in [0.717, 1.165) is 28.0 Å². The highest BCUT2D eigenvalue weighted by atomic mass is 35.5. The summed E-state index contributed by atoms with van der Waals surface area (Å²) >= 11 is 7.23. The van der Waals surface area contributed by atoms with E-state index in [1.54, 1.807) is 0 Å². The van der Waals surface area contributed by atoms with Crippen LogP contribution in [0, 0.1) is 0 Å². The van der Waals surface area contributed by atoms with Crippen LogP contribution in [0.2, 0.25) is 0 Å². The summed E-state index contributed by atoms with van der Waals surface area (Å²) in [5, 5.41) is 4.91. The highest BCUT2D eigenvalue weighted by molar-refractivity contribution is 7.12. The van der Waals surface area contributed by atoms with Gasteiger partial charge >= 0.3 is 0 Å². The van der Waals surface area contributed by atoms with Crippen molar-refractivity contribution in [1.82, 2.24) is 5.32 Å². The van der Waals surface area contributed by atoms with E-state index in [1.165, 1.54) is 11.3 Å². The predicted octanol–water partition coefficient (Wildman–Crippen LogP) is 3.98. The lowest BCUT2D eigenvalue weighted by Crippen LogP contribution is -2.22. The van der Waals surface area contributed by atoms with E-state index in [0.29, 0.717) is 12.4 Å². The fourth-order valence-corrected chi connectivity index (χ4v) is 2.91. The van der Waals surface area contributed by atoms with Crippen LogP contribution in [0.4, 0.5) is 0 Å². The second-order valence-electron chi connectivity index (χ2n) is 4.26. The van der Waals surface area contributed by atoms with Crippen LogP contribution in [-0.4, -0.2) is 5.91 Å². The Bertz CT molecular complexity index is 548. The summed E-state index contributed by atoms with van der Waals surface area (Å²) in [7, 11) is 0. The van der Waals surface area contributed by atoms with Crippen molar-refractivity contribution in [2.45, 2.75) is 25.8 Å². The van der Waals surface area contributed by atoms with Crippen LogP contribution in [0.1, 0.15) is 33.3 Å². The Hall–Kier alpha value is -1.32. The van der Waals surface area contributed by atoms with Gasteiger partial charge in [-0.3, -0.25) is 4.79 Å². The number of hydrogen-bond donors (Lipinski definition) is 1. The lowest BCUT2D eigenvalue weighted by molar-refractivity contribution is 0.0954. The molecule has 19 heavy (non-hydrogen) atoms. The van der Waals surface area contributed by atoms with Gasteiger partial charge in [-0.15, -0.1) is 22.9 Å². The lowest BCUT2D eigenvalue weighted by atomic mass is 10.1. The van der Waals surface area contributed by atoms with Crippen molar-refractivity contribution in [3.8, 4) is 0 Å². The lowest BCUT2D eigenvalue weighted by Gasteiger charge is -2.06. The zero-order valence-electron chi connectivity index (χ0n) is 10.8. The molecule has 0 aliphatic carbocycles. The molecule has 1 aromatic carbocycles. The van der Waals surface area contributed by atoms with Gasteiger partial charge in [0.25, 0.3) is 5.91 Å². The molecule has 0 radical (unpaired) electrons. The van der Waals surface area contributed by atoms with Crippen molar-refractivity contribution in [2.24, 2.45) is 0 Å². The SMILES string of the molecule is CCc1ccsc1C(=O)NCc1ccc(CCl)cc1. The first-order valence-electron chi connectivity index (χ1n) is 6.23. The highest BCUT2D eigenvalue weighted by Gasteiger charge is 2.11. The third-order valence-corrected chi connectivity index (χ3v) is 4.23. The molecule has 1 amide bonds. The molecule has 0 saturated carbocycles. The molecule has 2 aromatic rings. The number of rotatable bonds is 5. The molecule has 1 aromatic heterocycles. The Morgan fingerprint density at radius 3 is 2.53 bits per heavy atom. The average molecular weight is 294 g/mol. The molecule has 0 unspecified atom stereocenters. The molecule has 0 spiro atoms. The Labute approximate surface area is 122 Å². The maximum atomic E-state index is 12.1. The van der Waals surface area contributed by atoms with Crippen molar-refractivity contribution in [1.29, 1.82) is 0 Å². The number of alkyl halides is 1. The van der Waals surface area contributed by atoms with E-state index in [1.807, 2.05) is 35.7 Å². The zero-order chi connectivity index (χ0) is 13.7. The molecular formula is C15H16ClNOS. The molecule has 4 heteroatoms. The molecule has 0 aliphatic heterocycles. The number of aryl methyl sites for hydroxylation is 1. The molecule has 0 bridgehead atoms. The van der Waals surface area contributed by atoms with Gasteiger partial charge in [-0.05, 0) is 34.6 Å². The second kappa shape index (κ2) is 6.73. The van der Waals surface area contributed by atoms with Gasteiger partial charge in [0.15, 0.2) is 0 Å². The van der Waals surface area contributed by atoms with E-state index >= 15 is 0 Å². The maximum Gasteiger partial charge on any atom is 0.261 e. The topological polar surface area (TPSA) is 29.1 Å². The van der Waals surface area contributed by atoms with Gasteiger partial charge in [-0.25, -0.2) is 0 Å². The Kier molecular flexibility index (Phi) is 5.00. The molecule has 1 N–H and O–H groups in total. The van der Waals surface area contributed by atoms with Crippen LogP contribution in [0.3, 0.4) is 0 Å². The van der Waals surface area contributed by atoms with Crippen molar-refractivity contribution in [3.63, 3.8) is 0 Å².